The van der Waals surface area contributed by atoms with E-state index in [4.69, 9.17) is 5.73 Å². The summed E-state index contributed by atoms with van der Waals surface area (Å²) in [5.74, 6) is -0.897. The van der Waals surface area contributed by atoms with E-state index in [1.807, 2.05) is 121 Å². The summed E-state index contributed by atoms with van der Waals surface area (Å²) in [6, 6.07) is 35.9. The molecule has 0 aliphatic rings. The van der Waals surface area contributed by atoms with Crippen molar-refractivity contribution < 1.29 is 9.59 Å². The maximum atomic E-state index is 14.4. The molecule has 0 unspecified atom stereocenters. The minimum Gasteiger partial charge on any atom is -0.368 e. The van der Waals surface area contributed by atoms with Gasteiger partial charge in [-0.05, 0) is 28.3 Å². The van der Waals surface area contributed by atoms with E-state index in [-0.39, 0.29) is 12.3 Å². The van der Waals surface area contributed by atoms with Gasteiger partial charge in [-0.2, -0.15) is 0 Å². The predicted molar refractivity (Wildman–Crippen MR) is 142 cm³/mol. The molecular weight excluding hydrogens is 446 g/mol. The van der Waals surface area contributed by atoms with Gasteiger partial charge in [-0.25, -0.2) is 0 Å². The molecule has 178 valence electrons. The van der Waals surface area contributed by atoms with E-state index >= 15 is 0 Å². The van der Waals surface area contributed by atoms with Crippen molar-refractivity contribution in [3.63, 3.8) is 0 Å². The first kappa shape index (κ1) is 23.1. The lowest BCUT2D eigenvalue weighted by molar-refractivity contribution is -0.129. The number of amides is 2. The van der Waals surface area contributed by atoms with Crippen LogP contribution < -0.4 is 11.1 Å². The minimum absolute atomic E-state index is 0.277. The molecule has 0 bridgehead atoms. The highest BCUT2D eigenvalue weighted by atomic mass is 16.2. The summed E-state index contributed by atoms with van der Waals surface area (Å²) < 4.78 is 0. The molecule has 4 aromatic carbocycles. The van der Waals surface area contributed by atoms with Crippen molar-refractivity contribution in [2.75, 3.05) is 0 Å². The Morgan fingerprint density at radius 3 is 1.69 bits per heavy atom. The van der Waals surface area contributed by atoms with Crippen LogP contribution in [0.15, 0.2) is 121 Å². The third-order valence-corrected chi connectivity index (χ3v) is 6.71. The number of hydrogen-bond donors (Lipinski definition) is 3. The summed E-state index contributed by atoms with van der Waals surface area (Å²) in [6.45, 7) is 0. The molecular formula is C31H27N3O2. The molecule has 4 N–H and O–H groups in total. The van der Waals surface area contributed by atoms with Gasteiger partial charge in [0.25, 0.3) is 0 Å². The smallest absolute Gasteiger partial charge is 0.240 e. The minimum atomic E-state index is -1.18. The number of fused-ring (bicyclic) bond motifs is 1. The van der Waals surface area contributed by atoms with Gasteiger partial charge in [-0.1, -0.05) is 109 Å². The Morgan fingerprint density at radius 2 is 1.19 bits per heavy atom. The van der Waals surface area contributed by atoms with Crippen LogP contribution in [-0.4, -0.2) is 22.8 Å². The lowest BCUT2D eigenvalue weighted by atomic mass is 9.68. The summed E-state index contributed by atoms with van der Waals surface area (Å²) in [7, 11) is 0. The van der Waals surface area contributed by atoms with Crippen LogP contribution >= 0.6 is 0 Å². The van der Waals surface area contributed by atoms with Gasteiger partial charge in [0, 0.05) is 23.5 Å². The van der Waals surface area contributed by atoms with Crippen LogP contribution in [0.5, 0.6) is 0 Å². The van der Waals surface area contributed by atoms with E-state index in [2.05, 4.69) is 10.3 Å². The van der Waals surface area contributed by atoms with Gasteiger partial charge in [0.05, 0.1) is 0 Å². The second-order valence-electron chi connectivity index (χ2n) is 8.84. The zero-order valence-corrected chi connectivity index (χ0v) is 19.7. The molecule has 0 spiro atoms. The van der Waals surface area contributed by atoms with Crippen LogP contribution in [0.4, 0.5) is 0 Å². The highest BCUT2D eigenvalue weighted by molar-refractivity contribution is 5.99. The second-order valence-corrected chi connectivity index (χ2v) is 8.84. The molecule has 5 nitrogen and oxygen atoms in total. The Labute approximate surface area is 210 Å². The number of rotatable bonds is 8. The number of aromatic amines is 1. The molecule has 5 rings (SSSR count). The zero-order chi connectivity index (χ0) is 25.0. The fourth-order valence-corrected chi connectivity index (χ4v) is 4.97. The summed E-state index contributed by atoms with van der Waals surface area (Å²) in [4.78, 5) is 30.3. The van der Waals surface area contributed by atoms with E-state index < -0.39 is 17.4 Å². The Bertz CT molecular complexity index is 1380. The van der Waals surface area contributed by atoms with Gasteiger partial charge < -0.3 is 16.0 Å². The van der Waals surface area contributed by atoms with Crippen molar-refractivity contribution >= 4 is 22.7 Å². The Kier molecular flexibility index (Phi) is 6.37. The molecule has 1 atom stereocenters. The topological polar surface area (TPSA) is 88.0 Å². The molecule has 5 aromatic rings. The maximum Gasteiger partial charge on any atom is 0.240 e. The van der Waals surface area contributed by atoms with Crippen molar-refractivity contribution in [2.24, 2.45) is 5.73 Å². The number of hydrogen-bond acceptors (Lipinski definition) is 2. The highest BCUT2D eigenvalue weighted by Crippen LogP contribution is 2.39. The van der Waals surface area contributed by atoms with Gasteiger partial charge in [-0.15, -0.1) is 0 Å². The molecule has 0 aliphatic carbocycles. The molecule has 36 heavy (non-hydrogen) atoms. The molecule has 0 aliphatic heterocycles. The van der Waals surface area contributed by atoms with Crippen molar-refractivity contribution in [1.29, 1.82) is 0 Å². The van der Waals surface area contributed by atoms with Crippen LogP contribution in [0.2, 0.25) is 0 Å². The third kappa shape index (κ3) is 4.16. The van der Waals surface area contributed by atoms with Crippen molar-refractivity contribution in [3.8, 4) is 0 Å². The average Bonchev–Trinajstić information content (AvgIpc) is 3.33. The number of para-hydroxylation sites is 1. The van der Waals surface area contributed by atoms with Crippen LogP contribution in [0.25, 0.3) is 10.9 Å². The SMILES string of the molecule is NC(=O)[C@H](Cc1c[nH]c2ccccc12)NC(=O)C(c1ccccc1)(c1ccccc1)c1ccccc1. The molecule has 2 amide bonds. The van der Waals surface area contributed by atoms with E-state index in [9.17, 15) is 9.59 Å². The molecule has 0 saturated heterocycles. The maximum absolute atomic E-state index is 14.4. The Hall–Kier alpha value is -4.64. The van der Waals surface area contributed by atoms with E-state index in [1.54, 1.807) is 0 Å². The Balaban J connectivity index is 1.62. The number of benzene rings is 4. The number of carbonyl (C=O) groups is 2. The first-order valence-corrected chi connectivity index (χ1v) is 11.9. The fraction of sp³-hybridized carbons (Fsp3) is 0.0968. The summed E-state index contributed by atoms with van der Waals surface area (Å²) in [5, 5.41) is 4.03. The molecule has 0 radical (unpaired) electrons. The number of primary amides is 1. The van der Waals surface area contributed by atoms with Crippen LogP contribution in [0, 0.1) is 0 Å². The molecule has 0 saturated carbocycles. The van der Waals surface area contributed by atoms with E-state index in [0.717, 1.165) is 33.2 Å². The second kappa shape index (κ2) is 9.92. The summed E-state index contributed by atoms with van der Waals surface area (Å²) in [5.41, 5.74) is 8.94. The van der Waals surface area contributed by atoms with Gasteiger partial charge in [0.2, 0.25) is 11.8 Å². The van der Waals surface area contributed by atoms with Gasteiger partial charge >= 0.3 is 0 Å². The summed E-state index contributed by atoms with van der Waals surface area (Å²) in [6.07, 6.45) is 2.14. The monoisotopic (exact) mass is 473 g/mol. The van der Waals surface area contributed by atoms with E-state index in [1.165, 1.54) is 0 Å². The third-order valence-electron chi connectivity index (χ3n) is 6.71. The van der Waals surface area contributed by atoms with Gasteiger partial charge in [0.1, 0.15) is 11.5 Å². The quantitative estimate of drug-likeness (QED) is 0.285. The number of H-pyrrole nitrogens is 1. The predicted octanol–water partition coefficient (Wildman–Crippen LogP) is 4.72. The molecule has 5 heteroatoms. The van der Waals surface area contributed by atoms with Gasteiger partial charge in [0.15, 0.2) is 0 Å². The number of nitrogens with one attached hydrogen (secondary N) is 2. The lowest BCUT2D eigenvalue weighted by Crippen LogP contribution is -2.54. The number of aromatic nitrogens is 1. The Morgan fingerprint density at radius 1 is 0.722 bits per heavy atom. The first-order chi connectivity index (χ1) is 17.6. The summed E-state index contributed by atoms with van der Waals surface area (Å²) >= 11 is 0. The molecule has 1 heterocycles. The lowest BCUT2D eigenvalue weighted by Gasteiger charge is -2.35. The van der Waals surface area contributed by atoms with Crippen LogP contribution in [0.3, 0.4) is 0 Å². The van der Waals surface area contributed by atoms with Crippen molar-refractivity contribution in [1.82, 2.24) is 10.3 Å². The molecule has 0 fully saturated rings. The highest BCUT2D eigenvalue weighted by Gasteiger charge is 2.44. The van der Waals surface area contributed by atoms with Crippen molar-refractivity contribution in [3.05, 3.63) is 144 Å². The van der Waals surface area contributed by atoms with Crippen molar-refractivity contribution in [2.45, 2.75) is 17.9 Å². The largest absolute Gasteiger partial charge is 0.368 e. The van der Waals surface area contributed by atoms with Crippen LogP contribution in [-0.2, 0) is 21.4 Å². The zero-order valence-electron chi connectivity index (χ0n) is 19.7. The van der Waals surface area contributed by atoms with E-state index in [0.29, 0.717) is 0 Å². The fourth-order valence-electron chi connectivity index (χ4n) is 4.97. The average molecular weight is 474 g/mol. The molecule has 1 aromatic heterocycles. The normalized spacial score (nSPS) is 12.2. The van der Waals surface area contributed by atoms with Gasteiger partial charge in [-0.3, -0.25) is 9.59 Å². The first-order valence-electron chi connectivity index (χ1n) is 11.9. The van der Waals surface area contributed by atoms with Crippen LogP contribution in [0.1, 0.15) is 22.3 Å². The number of nitrogens with two attached hydrogens (primary N) is 1. The number of carbonyl (C=O) groups excluding carboxylic acids is 2. The standard InChI is InChI=1S/C31H27N3O2/c32-29(35)28(20-22-21-33-27-19-11-10-18-26(22)27)34-30(36)31(23-12-4-1-5-13-23,24-14-6-2-7-15-24)25-16-8-3-9-17-25/h1-19,21,28,33H,20H2,(H2,32,35)(H,34,36)/t28-/m0/s1.